The molecule has 0 aliphatic heterocycles. The number of allylic oxidation sites excluding steroid dienone is 6. The molecule has 0 heterocycles. The van der Waals surface area contributed by atoms with Crippen LogP contribution in [0.2, 0.25) is 0 Å². The highest BCUT2D eigenvalue weighted by Gasteiger charge is 2.19. The Hall–Kier alpha value is -2.37. The van der Waals surface area contributed by atoms with Crippen molar-refractivity contribution in [2.75, 3.05) is 13.2 Å². The molecule has 0 aromatic heterocycles. The van der Waals surface area contributed by atoms with Crippen molar-refractivity contribution in [2.24, 2.45) is 0 Å². The second kappa shape index (κ2) is 52.3. The molecule has 0 aliphatic rings. The minimum absolute atomic E-state index is 0.0746. The van der Waals surface area contributed by atoms with Gasteiger partial charge in [-0.25, -0.2) is 0 Å². The highest BCUT2D eigenvalue weighted by molar-refractivity contribution is 5.71. The Morgan fingerprint density at radius 3 is 0.968 bits per heavy atom. The summed E-state index contributed by atoms with van der Waals surface area (Å²) in [6.07, 6.45) is 61.3. The summed E-state index contributed by atoms with van der Waals surface area (Å²) in [6, 6.07) is 0. The third-order valence-corrected chi connectivity index (χ3v) is 12.2. The van der Waals surface area contributed by atoms with E-state index in [4.69, 9.17) is 14.2 Å². The lowest BCUT2D eigenvalue weighted by molar-refractivity contribution is -0.167. The summed E-state index contributed by atoms with van der Waals surface area (Å²) in [4.78, 5) is 38.1. The van der Waals surface area contributed by atoms with Crippen LogP contribution < -0.4 is 0 Å². The summed E-state index contributed by atoms with van der Waals surface area (Å²) < 4.78 is 16.8. The molecule has 0 saturated heterocycles. The molecule has 0 aromatic carbocycles. The van der Waals surface area contributed by atoms with Crippen LogP contribution in [0.15, 0.2) is 36.5 Å². The molecule has 63 heavy (non-hydrogen) atoms. The topological polar surface area (TPSA) is 78.9 Å². The second-order valence-electron chi connectivity index (χ2n) is 18.5. The monoisotopic (exact) mass is 885 g/mol. The number of hydrogen-bond acceptors (Lipinski definition) is 6. The minimum Gasteiger partial charge on any atom is -0.462 e. The minimum atomic E-state index is -0.776. The van der Waals surface area contributed by atoms with E-state index in [1.807, 2.05) is 0 Å². The van der Waals surface area contributed by atoms with E-state index in [9.17, 15) is 14.4 Å². The molecular weight excluding hydrogens is 781 g/mol. The van der Waals surface area contributed by atoms with Crippen LogP contribution >= 0.6 is 0 Å². The molecule has 0 rings (SSSR count). The smallest absolute Gasteiger partial charge is 0.306 e. The Morgan fingerprint density at radius 1 is 0.333 bits per heavy atom. The lowest BCUT2D eigenvalue weighted by Crippen LogP contribution is -2.30. The fourth-order valence-electron chi connectivity index (χ4n) is 8.05. The van der Waals surface area contributed by atoms with Gasteiger partial charge in [0.15, 0.2) is 6.10 Å². The first-order valence-electron chi connectivity index (χ1n) is 27.5. The summed E-state index contributed by atoms with van der Waals surface area (Å²) in [5, 5.41) is 0. The second-order valence-corrected chi connectivity index (χ2v) is 18.5. The molecule has 0 N–H and O–H groups in total. The molecule has 0 amide bonds. The molecule has 0 radical (unpaired) electrons. The van der Waals surface area contributed by atoms with E-state index in [0.717, 1.165) is 96.3 Å². The van der Waals surface area contributed by atoms with E-state index in [-0.39, 0.29) is 31.1 Å². The first kappa shape index (κ1) is 60.6. The number of unbranched alkanes of at least 4 members (excludes halogenated alkanes) is 33. The molecule has 6 nitrogen and oxygen atoms in total. The Labute approximate surface area is 391 Å². The molecule has 368 valence electrons. The van der Waals surface area contributed by atoms with Crippen molar-refractivity contribution < 1.29 is 28.6 Å². The highest BCUT2D eigenvalue weighted by Crippen LogP contribution is 2.16. The Kier molecular flexibility index (Phi) is 50.3. The van der Waals surface area contributed by atoms with Crippen molar-refractivity contribution in [1.29, 1.82) is 0 Å². The number of carbonyl (C=O) groups is 3. The van der Waals surface area contributed by atoms with Crippen LogP contribution in [-0.4, -0.2) is 37.2 Å². The maximum absolute atomic E-state index is 12.8. The van der Waals surface area contributed by atoms with Crippen molar-refractivity contribution >= 4 is 17.9 Å². The van der Waals surface area contributed by atoms with Gasteiger partial charge in [0.2, 0.25) is 0 Å². The zero-order valence-corrected chi connectivity index (χ0v) is 42.1. The van der Waals surface area contributed by atoms with Gasteiger partial charge in [-0.3, -0.25) is 14.4 Å². The Balaban J connectivity index is 4.36. The van der Waals surface area contributed by atoms with Gasteiger partial charge in [0.25, 0.3) is 0 Å². The number of carbonyl (C=O) groups excluding carboxylic acids is 3. The van der Waals surface area contributed by atoms with E-state index < -0.39 is 6.10 Å². The molecule has 6 heteroatoms. The van der Waals surface area contributed by atoms with E-state index in [1.165, 1.54) is 154 Å². The molecule has 0 fully saturated rings. The summed E-state index contributed by atoms with van der Waals surface area (Å²) >= 11 is 0. The van der Waals surface area contributed by atoms with Gasteiger partial charge in [0, 0.05) is 19.3 Å². The van der Waals surface area contributed by atoms with Crippen LogP contribution in [0.1, 0.15) is 290 Å². The van der Waals surface area contributed by atoms with E-state index >= 15 is 0 Å². The van der Waals surface area contributed by atoms with Gasteiger partial charge in [0.05, 0.1) is 0 Å². The summed E-state index contributed by atoms with van der Waals surface area (Å²) in [5.41, 5.74) is 0. The van der Waals surface area contributed by atoms with Crippen molar-refractivity contribution in [2.45, 2.75) is 297 Å². The maximum atomic E-state index is 12.8. The number of hydrogen-bond donors (Lipinski definition) is 0. The van der Waals surface area contributed by atoms with Crippen LogP contribution in [0.3, 0.4) is 0 Å². The zero-order valence-electron chi connectivity index (χ0n) is 42.1. The van der Waals surface area contributed by atoms with Crippen LogP contribution in [0.4, 0.5) is 0 Å². The molecule has 0 unspecified atom stereocenters. The highest BCUT2D eigenvalue weighted by atomic mass is 16.6. The number of esters is 3. The van der Waals surface area contributed by atoms with Crippen molar-refractivity contribution in [3.63, 3.8) is 0 Å². The average Bonchev–Trinajstić information content (AvgIpc) is 3.28. The van der Waals surface area contributed by atoms with Gasteiger partial charge in [-0.15, -0.1) is 0 Å². The van der Waals surface area contributed by atoms with E-state index in [1.54, 1.807) is 0 Å². The summed E-state index contributed by atoms with van der Waals surface area (Å²) in [7, 11) is 0. The number of rotatable bonds is 50. The maximum Gasteiger partial charge on any atom is 0.306 e. The quantitative estimate of drug-likeness (QED) is 0.0262. The summed E-state index contributed by atoms with van der Waals surface area (Å²) in [6.45, 7) is 6.55. The standard InChI is InChI=1S/C57H104O6/c1-4-7-10-13-16-19-22-25-28-30-32-35-38-41-44-47-50-56(59)62-53-54(52-61-55(58)49-46-43-40-37-34-31-27-24-21-18-15-12-9-6-3)63-57(60)51-48-45-42-39-36-33-29-26-23-20-17-14-11-8-5-2/h8,11,17,20,26,29,54H,4-7,9-10,12-16,18-19,21-25,27-28,30-53H2,1-3H3/b11-8-,20-17-,29-26-/t54-/m1/s1. The van der Waals surface area contributed by atoms with Gasteiger partial charge in [-0.05, 0) is 51.4 Å². The van der Waals surface area contributed by atoms with Crippen LogP contribution in [-0.2, 0) is 28.6 Å². The van der Waals surface area contributed by atoms with Gasteiger partial charge >= 0.3 is 17.9 Å². The predicted octanol–water partition coefficient (Wildman–Crippen LogP) is 18.1. The zero-order chi connectivity index (χ0) is 45.8. The molecule has 0 saturated carbocycles. The van der Waals surface area contributed by atoms with E-state index in [2.05, 4.69) is 57.2 Å². The average molecular weight is 885 g/mol. The van der Waals surface area contributed by atoms with Gasteiger partial charge in [-0.1, -0.05) is 256 Å². The normalized spacial score (nSPS) is 12.2. The van der Waals surface area contributed by atoms with Gasteiger partial charge < -0.3 is 14.2 Å². The van der Waals surface area contributed by atoms with Crippen molar-refractivity contribution in [3.8, 4) is 0 Å². The van der Waals surface area contributed by atoms with Gasteiger partial charge in [0.1, 0.15) is 13.2 Å². The SMILES string of the molecule is CC/C=C\C/C=C\C/C=C\CCCCCCCC(=O)O[C@H](COC(=O)CCCCCCCCCCCCCCCC)COC(=O)CCCCCCCCCCCCCCCCCC. The molecular formula is C57H104O6. The molecule has 0 aromatic rings. The molecule has 0 aliphatic carbocycles. The lowest BCUT2D eigenvalue weighted by Gasteiger charge is -2.18. The lowest BCUT2D eigenvalue weighted by atomic mass is 10.0. The molecule has 0 spiro atoms. The fourth-order valence-corrected chi connectivity index (χ4v) is 8.05. The van der Waals surface area contributed by atoms with Crippen LogP contribution in [0, 0.1) is 0 Å². The van der Waals surface area contributed by atoms with Crippen molar-refractivity contribution in [3.05, 3.63) is 36.5 Å². The van der Waals surface area contributed by atoms with Crippen LogP contribution in [0.25, 0.3) is 0 Å². The number of ether oxygens (including phenoxy) is 3. The summed E-state index contributed by atoms with van der Waals surface area (Å²) in [5.74, 6) is -0.875. The predicted molar refractivity (Wildman–Crippen MR) is 270 cm³/mol. The third-order valence-electron chi connectivity index (χ3n) is 12.2. The largest absolute Gasteiger partial charge is 0.462 e. The molecule has 1 atom stereocenters. The first-order valence-corrected chi connectivity index (χ1v) is 27.5. The van der Waals surface area contributed by atoms with Crippen molar-refractivity contribution in [1.82, 2.24) is 0 Å². The first-order chi connectivity index (χ1) is 31.0. The Bertz CT molecular complexity index is 1060. The Morgan fingerprint density at radius 2 is 0.619 bits per heavy atom. The third kappa shape index (κ3) is 50.5. The molecule has 0 bridgehead atoms. The van der Waals surface area contributed by atoms with Crippen LogP contribution in [0.5, 0.6) is 0 Å². The van der Waals surface area contributed by atoms with E-state index in [0.29, 0.717) is 19.3 Å². The fraction of sp³-hybridized carbons (Fsp3) is 0.842. The van der Waals surface area contributed by atoms with Gasteiger partial charge in [-0.2, -0.15) is 0 Å².